The van der Waals surface area contributed by atoms with E-state index in [9.17, 15) is 14.7 Å². The monoisotopic (exact) mass is 460 g/mol. The molecule has 1 aromatic carbocycles. The summed E-state index contributed by atoms with van der Waals surface area (Å²) in [5.41, 5.74) is 1.65. The maximum absolute atomic E-state index is 12.8. The van der Waals surface area contributed by atoms with Gasteiger partial charge in [-0.15, -0.1) is 0 Å². The molecule has 33 heavy (non-hydrogen) atoms. The first-order valence-corrected chi connectivity index (χ1v) is 12.6. The first kappa shape index (κ1) is 27.2. The highest BCUT2D eigenvalue weighted by atomic mass is 16.5. The number of carboxylic acid groups (broad SMARTS) is 1. The van der Waals surface area contributed by atoms with Gasteiger partial charge in [0.05, 0.1) is 18.1 Å². The highest BCUT2D eigenvalue weighted by Gasteiger charge is 2.30. The van der Waals surface area contributed by atoms with Gasteiger partial charge in [0.15, 0.2) is 0 Å². The van der Waals surface area contributed by atoms with Crippen molar-refractivity contribution in [3.05, 3.63) is 35.4 Å². The summed E-state index contributed by atoms with van der Waals surface area (Å²) >= 11 is 0. The second-order valence-corrected chi connectivity index (χ2v) is 10.2. The fourth-order valence-corrected chi connectivity index (χ4v) is 4.31. The Bertz CT molecular complexity index is 732. The molecule has 0 spiro atoms. The lowest BCUT2D eigenvalue weighted by molar-refractivity contribution is -0.147. The van der Waals surface area contributed by atoms with Crippen molar-refractivity contribution in [1.29, 1.82) is 0 Å². The molecule has 1 fully saturated rings. The zero-order valence-electron chi connectivity index (χ0n) is 21.1. The van der Waals surface area contributed by atoms with Crippen LogP contribution < -0.4 is 5.32 Å². The average molecular weight is 461 g/mol. The van der Waals surface area contributed by atoms with Gasteiger partial charge in [-0.2, -0.15) is 0 Å². The molecule has 0 radical (unpaired) electrons. The minimum Gasteiger partial charge on any atom is -0.481 e. The van der Waals surface area contributed by atoms with E-state index in [0.717, 1.165) is 50.5 Å². The van der Waals surface area contributed by atoms with Crippen LogP contribution in [0.1, 0.15) is 83.3 Å². The molecular formula is C27H44N2O4. The smallest absolute Gasteiger partial charge is 0.317 e. The number of hydrogen-bond donors (Lipinski definition) is 2. The van der Waals surface area contributed by atoms with E-state index in [0.29, 0.717) is 38.6 Å². The molecule has 0 unspecified atom stereocenters. The van der Waals surface area contributed by atoms with Gasteiger partial charge in [-0.1, -0.05) is 56.0 Å². The number of benzene rings is 1. The van der Waals surface area contributed by atoms with Crippen molar-refractivity contribution in [2.75, 3.05) is 19.7 Å². The summed E-state index contributed by atoms with van der Waals surface area (Å²) in [6, 6.07) is 8.27. The van der Waals surface area contributed by atoms with Crippen LogP contribution >= 0.6 is 0 Å². The fourth-order valence-electron chi connectivity index (χ4n) is 4.31. The van der Waals surface area contributed by atoms with Crippen LogP contribution in [0.4, 0.5) is 4.79 Å². The number of carbonyl (C=O) groups is 2. The van der Waals surface area contributed by atoms with Gasteiger partial charge in [0.2, 0.25) is 0 Å². The minimum absolute atomic E-state index is 0.0370. The molecule has 0 heterocycles. The number of nitrogens with zero attached hydrogens (tertiary/aromatic N) is 1. The van der Waals surface area contributed by atoms with Gasteiger partial charge >= 0.3 is 12.0 Å². The Labute approximate surface area is 200 Å². The summed E-state index contributed by atoms with van der Waals surface area (Å²) in [5, 5.41) is 12.4. The Morgan fingerprint density at radius 1 is 1.21 bits per heavy atom. The number of unbranched alkanes of at least 4 members (excludes halogenated alkanes) is 1. The molecule has 0 aromatic heterocycles. The van der Waals surface area contributed by atoms with Crippen LogP contribution in [0.2, 0.25) is 0 Å². The van der Waals surface area contributed by atoms with Gasteiger partial charge < -0.3 is 20.1 Å². The Morgan fingerprint density at radius 2 is 1.94 bits per heavy atom. The molecule has 6 nitrogen and oxygen atoms in total. The molecule has 2 amide bonds. The summed E-state index contributed by atoms with van der Waals surface area (Å²) < 4.78 is 6.22. The number of urea groups is 1. The van der Waals surface area contributed by atoms with Gasteiger partial charge in [0.25, 0.3) is 0 Å². The molecule has 2 N–H and O–H groups in total. The Balaban J connectivity index is 1.84. The molecule has 2 atom stereocenters. The van der Waals surface area contributed by atoms with Crippen LogP contribution in [-0.2, 0) is 16.1 Å². The van der Waals surface area contributed by atoms with Crippen LogP contribution in [0.5, 0.6) is 0 Å². The molecule has 1 aliphatic rings. The van der Waals surface area contributed by atoms with E-state index in [-0.39, 0.29) is 12.1 Å². The Kier molecular flexibility index (Phi) is 11.2. The van der Waals surface area contributed by atoms with Crippen LogP contribution in [0.3, 0.4) is 0 Å². The maximum Gasteiger partial charge on any atom is 0.317 e. The van der Waals surface area contributed by atoms with E-state index in [4.69, 9.17) is 4.74 Å². The maximum atomic E-state index is 12.8. The normalized spacial score (nSPS) is 18.7. The number of rotatable bonds is 13. The molecule has 1 saturated carbocycles. The number of nitrogens with one attached hydrogen (secondary N) is 1. The topological polar surface area (TPSA) is 78.9 Å². The van der Waals surface area contributed by atoms with Gasteiger partial charge in [-0.3, -0.25) is 4.79 Å². The van der Waals surface area contributed by atoms with E-state index in [1.807, 2.05) is 4.90 Å². The molecular weight excluding hydrogens is 416 g/mol. The fraction of sp³-hybridized carbons (Fsp3) is 0.704. The van der Waals surface area contributed by atoms with Crippen molar-refractivity contribution in [2.45, 2.75) is 91.7 Å². The largest absolute Gasteiger partial charge is 0.481 e. The molecule has 6 heteroatoms. The number of carboxylic acids is 1. The number of carbonyl (C=O) groups excluding carboxylic acids is 1. The number of ether oxygens (including phenoxy) is 1. The van der Waals surface area contributed by atoms with Crippen LogP contribution in [0, 0.1) is 18.3 Å². The van der Waals surface area contributed by atoms with E-state index in [1.54, 1.807) is 13.8 Å². The lowest BCUT2D eigenvalue weighted by Gasteiger charge is -2.31. The third-order valence-corrected chi connectivity index (χ3v) is 6.79. The predicted molar refractivity (Wildman–Crippen MR) is 132 cm³/mol. The highest BCUT2D eigenvalue weighted by molar-refractivity contribution is 5.74. The van der Waals surface area contributed by atoms with Crippen LogP contribution in [0.15, 0.2) is 24.3 Å². The van der Waals surface area contributed by atoms with Crippen LogP contribution in [-0.4, -0.2) is 47.8 Å². The minimum atomic E-state index is -0.725. The van der Waals surface area contributed by atoms with Crippen LogP contribution in [0.25, 0.3) is 0 Å². The van der Waals surface area contributed by atoms with Crippen molar-refractivity contribution in [2.24, 2.45) is 11.3 Å². The summed E-state index contributed by atoms with van der Waals surface area (Å²) in [6.07, 6.45) is 8.14. The molecule has 1 aliphatic carbocycles. The average Bonchev–Trinajstić information content (AvgIpc) is 2.79. The quantitative estimate of drug-likeness (QED) is 0.366. The first-order valence-electron chi connectivity index (χ1n) is 12.6. The van der Waals surface area contributed by atoms with Gasteiger partial charge in [0.1, 0.15) is 0 Å². The first-order chi connectivity index (χ1) is 15.7. The van der Waals surface area contributed by atoms with Gasteiger partial charge in [-0.25, -0.2) is 4.79 Å². The third-order valence-electron chi connectivity index (χ3n) is 6.79. The SMILES string of the molecule is CCCCNC(=O)N(CCO[C@@H]1CCC[C@H](CCC(C)(C)C(=O)O)C1)Cc1ccc(C)cc1. The van der Waals surface area contributed by atoms with E-state index < -0.39 is 11.4 Å². The van der Waals surface area contributed by atoms with Crippen molar-refractivity contribution in [3.8, 4) is 0 Å². The number of aliphatic carboxylic acids is 1. The summed E-state index contributed by atoms with van der Waals surface area (Å²) in [4.78, 5) is 26.0. The molecule has 1 aromatic rings. The summed E-state index contributed by atoms with van der Waals surface area (Å²) in [6.45, 7) is 10.1. The number of amides is 2. The Morgan fingerprint density at radius 3 is 2.61 bits per heavy atom. The second kappa shape index (κ2) is 13.6. The standard InChI is InChI=1S/C27H44N2O4/c1-5-6-16-28-26(32)29(20-23-12-10-21(2)11-13-23)17-18-33-24-9-7-8-22(19-24)14-15-27(3,4)25(30)31/h10-13,22,24H,5-9,14-20H2,1-4H3,(H,28,32)(H,30,31)/t22-,24-/m1/s1. The van der Waals surface area contributed by atoms with Gasteiger partial charge in [0, 0.05) is 19.6 Å². The Hall–Kier alpha value is -2.08. The third kappa shape index (κ3) is 9.75. The number of aryl methyl sites for hydroxylation is 1. The summed E-state index contributed by atoms with van der Waals surface area (Å²) in [7, 11) is 0. The predicted octanol–water partition coefficient (Wildman–Crippen LogP) is 5.77. The zero-order valence-corrected chi connectivity index (χ0v) is 21.1. The molecule has 2 rings (SSSR count). The lowest BCUT2D eigenvalue weighted by Crippen LogP contribution is -2.42. The van der Waals surface area contributed by atoms with E-state index in [1.165, 1.54) is 5.56 Å². The van der Waals surface area contributed by atoms with Crippen molar-refractivity contribution in [3.63, 3.8) is 0 Å². The molecule has 0 saturated heterocycles. The lowest BCUT2D eigenvalue weighted by atomic mass is 9.79. The van der Waals surface area contributed by atoms with Crippen molar-refractivity contribution in [1.82, 2.24) is 10.2 Å². The molecule has 0 bridgehead atoms. The highest BCUT2D eigenvalue weighted by Crippen LogP contribution is 2.33. The second-order valence-electron chi connectivity index (χ2n) is 10.2. The van der Waals surface area contributed by atoms with Crippen molar-refractivity contribution >= 4 is 12.0 Å². The van der Waals surface area contributed by atoms with E-state index >= 15 is 0 Å². The van der Waals surface area contributed by atoms with Gasteiger partial charge in [-0.05, 0) is 64.4 Å². The molecule has 186 valence electrons. The van der Waals surface area contributed by atoms with E-state index in [2.05, 4.69) is 43.4 Å². The summed E-state index contributed by atoms with van der Waals surface area (Å²) in [5.74, 6) is -0.208. The molecule has 0 aliphatic heterocycles. The van der Waals surface area contributed by atoms with Crippen molar-refractivity contribution < 1.29 is 19.4 Å². The number of hydrogen-bond acceptors (Lipinski definition) is 3. The zero-order chi connectivity index (χ0) is 24.3.